The van der Waals surface area contributed by atoms with Crippen molar-refractivity contribution in [1.29, 1.82) is 0 Å². The Balaban J connectivity index is 1.67. The minimum Gasteiger partial charge on any atom is -0.495 e. The zero-order valence-corrected chi connectivity index (χ0v) is 19.5. The van der Waals surface area contributed by atoms with Crippen molar-refractivity contribution in [1.82, 2.24) is 9.47 Å². The molecular weight excluding hydrogens is 434 g/mol. The molecule has 2 heterocycles. The van der Waals surface area contributed by atoms with E-state index in [4.69, 9.17) is 21.4 Å². The first-order valence-electron chi connectivity index (χ1n) is 10.3. The second-order valence-electron chi connectivity index (χ2n) is 8.35. The molecule has 4 rings (SSSR count). The molecule has 1 aliphatic heterocycles. The largest absolute Gasteiger partial charge is 0.495 e. The number of methoxy groups -OCH3 is 1. The molecule has 31 heavy (non-hydrogen) atoms. The molecule has 166 valence electrons. The van der Waals surface area contributed by atoms with Gasteiger partial charge in [-0.25, -0.2) is 8.42 Å². The number of aromatic nitrogens is 1. The lowest BCUT2D eigenvalue weighted by Gasteiger charge is -2.34. The van der Waals surface area contributed by atoms with Crippen molar-refractivity contribution in [2.24, 2.45) is 11.8 Å². The highest BCUT2D eigenvalue weighted by Crippen LogP contribution is 2.29. The molecule has 1 aromatic heterocycles. The average molecular weight is 462 g/mol. The number of nitrogens with zero attached hydrogens (tertiary/aromatic N) is 2. The first-order chi connectivity index (χ1) is 14.8. The number of hydrogen-bond donors (Lipinski definition) is 1. The van der Waals surface area contributed by atoms with Gasteiger partial charge in [0, 0.05) is 13.1 Å². The van der Waals surface area contributed by atoms with Crippen molar-refractivity contribution in [2.45, 2.75) is 31.8 Å². The van der Waals surface area contributed by atoms with Crippen LogP contribution in [0.1, 0.15) is 20.3 Å². The Morgan fingerprint density at radius 2 is 1.87 bits per heavy atom. The van der Waals surface area contributed by atoms with Crippen molar-refractivity contribution in [3.63, 3.8) is 0 Å². The lowest BCUT2D eigenvalue weighted by molar-refractivity contribution is 0.109. The lowest BCUT2D eigenvalue weighted by atomic mass is 9.92. The Kier molecular flexibility index (Phi) is 6.09. The molecule has 3 aromatic rings. The molecule has 2 atom stereocenters. The molecule has 0 aliphatic carbocycles. The molecule has 0 spiro atoms. The highest BCUT2D eigenvalue weighted by Gasteiger charge is 2.24. The van der Waals surface area contributed by atoms with Crippen LogP contribution in [0.5, 0.6) is 5.75 Å². The number of ether oxygens (including phenoxy) is 1. The minimum absolute atomic E-state index is 0.135. The number of likely N-dealkylation sites (tertiary alicyclic amines) is 1. The molecule has 0 saturated carbocycles. The van der Waals surface area contributed by atoms with Gasteiger partial charge in [0.1, 0.15) is 5.75 Å². The number of piperidine rings is 1. The van der Waals surface area contributed by atoms with E-state index >= 15 is 0 Å². The topological polar surface area (TPSA) is 76.7 Å². The van der Waals surface area contributed by atoms with Gasteiger partial charge in [0.15, 0.2) is 5.58 Å². The van der Waals surface area contributed by atoms with Crippen molar-refractivity contribution in [2.75, 3.05) is 24.9 Å². The van der Waals surface area contributed by atoms with Crippen LogP contribution in [0.4, 0.5) is 5.69 Å². The van der Waals surface area contributed by atoms with Gasteiger partial charge in [0.25, 0.3) is 14.9 Å². The van der Waals surface area contributed by atoms with Gasteiger partial charge in [-0.3, -0.25) is 14.2 Å². The summed E-state index contributed by atoms with van der Waals surface area (Å²) in [7, 11) is -2.33. The molecule has 1 saturated heterocycles. The Morgan fingerprint density at radius 1 is 1.16 bits per heavy atom. The van der Waals surface area contributed by atoms with Crippen LogP contribution in [0.25, 0.3) is 11.1 Å². The molecular formula is C22H27N3O4S2. The third-order valence-electron chi connectivity index (χ3n) is 5.59. The van der Waals surface area contributed by atoms with Gasteiger partial charge < -0.3 is 9.15 Å². The standard InChI is InChI=1S/C22H27N3O4S2/c1-15-10-16(2)13-24(12-15)14-25-19-11-17(8-9-21(19)29-22(25)30)31(26,27)23-18-6-4-5-7-20(18)28-3/h4-9,11,15-16,23H,10,12-14H2,1-3H3. The van der Waals surface area contributed by atoms with Crippen molar-refractivity contribution in [3.05, 3.63) is 47.3 Å². The predicted molar refractivity (Wildman–Crippen MR) is 123 cm³/mol. The SMILES string of the molecule is COc1ccccc1NS(=O)(=O)c1ccc2oc(=S)n(CN3CC(C)CC(C)C3)c2c1. The van der Waals surface area contributed by atoms with Crippen molar-refractivity contribution < 1.29 is 17.6 Å². The predicted octanol–water partition coefficient (Wildman–Crippen LogP) is 4.71. The van der Waals surface area contributed by atoms with Gasteiger partial charge in [-0.15, -0.1) is 0 Å². The number of para-hydroxylation sites is 2. The van der Waals surface area contributed by atoms with Crippen LogP contribution in [0.2, 0.25) is 0 Å². The van der Waals surface area contributed by atoms with Crippen molar-refractivity contribution >= 4 is 39.0 Å². The second kappa shape index (κ2) is 8.64. The summed E-state index contributed by atoms with van der Waals surface area (Å²) in [5.74, 6) is 1.67. The van der Waals surface area contributed by atoms with Gasteiger partial charge >= 0.3 is 0 Å². The molecule has 1 N–H and O–H groups in total. The number of benzene rings is 2. The molecule has 2 unspecified atom stereocenters. The smallest absolute Gasteiger partial charge is 0.270 e. The number of sulfonamides is 1. The maximum absolute atomic E-state index is 13.1. The van der Waals surface area contributed by atoms with Crippen molar-refractivity contribution in [3.8, 4) is 5.75 Å². The van der Waals surface area contributed by atoms with Crippen LogP contribution in [0.3, 0.4) is 0 Å². The summed E-state index contributed by atoms with van der Waals surface area (Å²) in [6.07, 6.45) is 1.21. The molecule has 2 aromatic carbocycles. The Morgan fingerprint density at radius 3 is 2.58 bits per heavy atom. The number of fused-ring (bicyclic) bond motifs is 1. The highest BCUT2D eigenvalue weighted by molar-refractivity contribution is 7.92. The van der Waals surface area contributed by atoms with E-state index in [1.807, 2.05) is 4.57 Å². The summed E-state index contributed by atoms with van der Waals surface area (Å²) in [5.41, 5.74) is 1.61. The Labute approximate surface area is 187 Å². The van der Waals surface area contributed by atoms with Crippen LogP contribution in [-0.4, -0.2) is 38.1 Å². The number of nitrogens with one attached hydrogen (secondary N) is 1. The van der Waals surface area contributed by atoms with E-state index < -0.39 is 10.0 Å². The molecule has 0 bridgehead atoms. The fourth-order valence-corrected chi connectivity index (χ4v) is 5.72. The van der Waals surface area contributed by atoms with Gasteiger partial charge in [0.05, 0.1) is 29.9 Å². The van der Waals surface area contributed by atoms with Crippen LogP contribution < -0.4 is 9.46 Å². The lowest BCUT2D eigenvalue weighted by Crippen LogP contribution is -2.39. The molecule has 1 fully saturated rings. The summed E-state index contributed by atoms with van der Waals surface area (Å²) in [4.78, 5) is 2.82. The molecule has 0 radical (unpaired) electrons. The number of rotatable bonds is 6. The molecule has 1 aliphatic rings. The average Bonchev–Trinajstić information content (AvgIpc) is 3.02. The fraction of sp³-hybridized carbons (Fsp3) is 0.409. The molecule has 0 amide bonds. The Bertz CT molecular complexity index is 1240. The van der Waals surface area contributed by atoms with E-state index in [2.05, 4.69) is 23.5 Å². The van der Waals surface area contributed by atoms with Gasteiger partial charge in [0.2, 0.25) is 0 Å². The van der Waals surface area contributed by atoms with E-state index in [1.54, 1.807) is 36.4 Å². The van der Waals surface area contributed by atoms with Crippen LogP contribution >= 0.6 is 12.2 Å². The number of hydrogen-bond acceptors (Lipinski definition) is 6. The summed E-state index contributed by atoms with van der Waals surface area (Å²) in [6.45, 7) is 7.04. The highest BCUT2D eigenvalue weighted by atomic mass is 32.2. The molecule has 7 nitrogen and oxygen atoms in total. The van der Waals surface area contributed by atoms with E-state index in [0.717, 1.165) is 13.1 Å². The number of oxazole rings is 1. The van der Waals surface area contributed by atoms with Gasteiger partial charge in [-0.1, -0.05) is 26.0 Å². The monoisotopic (exact) mass is 461 g/mol. The summed E-state index contributed by atoms with van der Waals surface area (Å²) >= 11 is 5.44. The Hall–Kier alpha value is -2.36. The van der Waals surface area contributed by atoms with Crippen LogP contribution in [0, 0.1) is 16.7 Å². The third kappa shape index (κ3) is 4.63. The van der Waals surface area contributed by atoms with E-state index in [0.29, 0.717) is 45.9 Å². The zero-order valence-electron chi connectivity index (χ0n) is 17.9. The first-order valence-corrected chi connectivity index (χ1v) is 12.2. The maximum Gasteiger partial charge on any atom is 0.270 e. The van der Waals surface area contributed by atoms with Crippen LogP contribution in [0.15, 0.2) is 51.8 Å². The maximum atomic E-state index is 13.1. The molecule has 9 heteroatoms. The van der Waals surface area contributed by atoms with Crippen LogP contribution in [-0.2, 0) is 16.7 Å². The summed E-state index contributed by atoms with van der Waals surface area (Å²) in [5, 5.41) is 0. The zero-order chi connectivity index (χ0) is 22.2. The van der Waals surface area contributed by atoms with Gasteiger partial charge in [-0.05, 0) is 60.8 Å². The number of anilines is 1. The second-order valence-corrected chi connectivity index (χ2v) is 10.4. The third-order valence-corrected chi connectivity index (χ3v) is 7.25. The fourth-order valence-electron chi connectivity index (χ4n) is 4.38. The van der Waals surface area contributed by atoms with E-state index in [-0.39, 0.29) is 4.90 Å². The van der Waals surface area contributed by atoms with Gasteiger partial charge in [-0.2, -0.15) is 0 Å². The van der Waals surface area contributed by atoms with E-state index in [1.165, 1.54) is 19.6 Å². The normalized spacial score (nSPS) is 20.1. The van der Waals surface area contributed by atoms with E-state index in [9.17, 15) is 8.42 Å². The summed E-state index contributed by atoms with van der Waals surface area (Å²) in [6, 6.07) is 11.7. The first kappa shape index (κ1) is 21.9. The quantitative estimate of drug-likeness (QED) is 0.536. The minimum atomic E-state index is -3.83. The summed E-state index contributed by atoms with van der Waals surface area (Å²) < 4.78 is 41.6.